The molecule has 1 aliphatic heterocycles. The molecule has 0 saturated carbocycles. The Hall–Kier alpha value is -1.14. The summed E-state index contributed by atoms with van der Waals surface area (Å²) in [6, 6.07) is 9.61. The van der Waals surface area contributed by atoms with Crippen molar-refractivity contribution >= 4 is 0 Å². The van der Waals surface area contributed by atoms with Gasteiger partial charge in [0.2, 0.25) is 0 Å². The second kappa shape index (κ2) is 8.92. The van der Waals surface area contributed by atoms with E-state index in [4.69, 9.17) is 9.47 Å². The third-order valence-corrected chi connectivity index (χ3v) is 3.53. The standard InChI is InChI=1S/C15H24N2O3/c18-14(13-20-15-4-2-1-3-5-15)12-16-6-7-17-8-10-19-11-9-17/h1-5,14,16,18H,6-13H2/p+2/t14-/m1/s1. The SMILES string of the molecule is O[C@H](C[NH2+]CC[NH+]1CCOCC1)COc1ccccc1. The highest BCUT2D eigenvalue weighted by atomic mass is 16.5. The lowest BCUT2D eigenvalue weighted by Crippen LogP contribution is -3.16. The Bertz CT molecular complexity index is 355. The van der Waals surface area contributed by atoms with Crippen molar-refractivity contribution in [2.75, 3.05) is 52.5 Å². The van der Waals surface area contributed by atoms with Gasteiger partial charge in [0.1, 0.15) is 51.2 Å². The van der Waals surface area contributed by atoms with Crippen LogP contribution >= 0.6 is 0 Å². The number of ether oxygens (including phenoxy) is 2. The Morgan fingerprint density at radius 2 is 2.00 bits per heavy atom. The highest BCUT2D eigenvalue weighted by Crippen LogP contribution is 2.07. The number of quaternary nitrogens is 2. The molecule has 0 aromatic heterocycles. The largest absolute Gasteiger partial charge is 0.491 e. The van der Waals surface area contributed by atoms with E-state index in [0.29, 0.717) is 13.2 Å². The van der Waals surface area contributed by atoms with Crippen molar-refractivity contribution in [1.29, 1.82) is 0 Å². The van der Waals surface area contributed by atoms with Crippen LogP contribution in [0.3, 0.4) is 0 Å². The molecule has 2 rings (SSSR count). The molecule has 0 amide bonds. The average molecular weight is 282 g/mol. The van der Waals surface area contributed by atoms with Gasteiger partial charge in [0, 0.05) is 0 Å². The van der Waals surface area contributed by atoms with Crippen molar-refractivity contribution in [2.24, 2.45) is 0 Å². The fourth-order valence-corrected chi connectivity index (χ4v) is 2.30. The molecule has 0 aliphatic carbocycles. The van der Waals surface area contributed by atoms with E-state index in [1.807, 2.05) is 30.3 Å². The van der Waals surface area contributed by atoms with Gasteiger partial charge in [0.05, 0.1) is 13.2 Å². The maximum absolute atomic E-state index is 9.86. The number of benzene rings is 1. The highest BCUT2D eigenvalue weighted by molar-refractivity contribution is 5.20. The van der Waals surface area contributed by atoms with Crippen molar-refractivity contribution in [2.45, 2.75) is 6.10 Å². The summed E-state index contributed by atoms with van der Waals surface area (Å²) in [6.45, 7) is 7.18. The van der Waals surface area contributed by atoms with Crippen molar-refractivity contribution in [3.8, 4) is 5.75 Å². The maximum atomic E-state index is 9.86. The van der Waals surface area contributed by atoms with Crippen LogP contribution in [0.15, 0.2) is 30.3 Å². The highest BCUT2D eigenvalue weighted by Gasteiger charge is 2.14. The van der Waals surface area contributed by atoms with Crippen LogP contribution in [0.5, 0.6) is 5.75 Å². The summed E-state index contributed by atoms with van der Waals surface area (Å²) in [6.07, 6.45) is -0.421. The smallest absolute Gasteiger partial charge is 0.137 e. The van der Waals surface area contributed by atoms with E-state index in [1.165, 1.54) is 0 Å². The van der Waals surface area contributed by atoms with Gasteiger partial charge in [-0.15, -0.1) is 0 Å². The number of rotatable bonds is 8. The first-order valence-electron chi connectivity index (χ1n) is 7.43. The van der Waals surface area contributed by atoms with Crippen molar-refractivity contribution in [3.05, 3.63) is 30.3 Å². The number of hydrogen-bond donors (Lipinski definition) is 3. The number of aliphatic hydroxyl groups excluding tert-OH is 1. The summed E-state index contributed by atoms with van der Waals surface area (Å²) in [5, 5.41) is 12.0. The van der Waals surface area contributed by atoms with E-state index >= 15 is 0 Å². The Kier molecular flexibility index (Phi) is 6.80. The molecule has 1 aromatic carbocycles. The van der Waals surface area contributed by atoms with Gasteiger partial charge in [-0.1, -0.05) is 18.2 Å². The van der Waals surface area contributed by atoms with Crippen molar-refractivity contribution in [1.82, 2.24) is 0 Å². The Balaban J connectivity index is 1.50. The van der Waals surface area contributed by atoms with Gasteiger partial charge in [-0.05, 0) is 12.1 Å². The number of nitrogens with two attached hydrogens (primary N) is 1. The molecule has 1 fully saturated rings. The molecule has 1 atom stereocenters. The van der Waals surface area contributed by atoms with Crippen LogP contribution < -0.4 is 15.0 Å². The fourth-order valence-electron chi connectivity index (χ4n) is 2.30. The third kappa shape index (κ3) is 5.88. The van der Waals surface area contributed by atoms with E-state index in [2.05, 4.69) is 5.32 Å². The molecule has 1 aliphatic rings. The van der Waals surface area contributed by atoms with E-state index in [-0.39, 0.29) is 0 Å². The first-order chi connectivity index (χ1) is 9.84. The van der Waals surface area contributed by atoms with E-state index in [0.717, 1.165) is 45.1 Å². The van der Waals surface area contributed by atoms with Crippen LogP contribution in [0.25, 0.3) is 0 Å². The number of morpholine rings is 1. The van der Waals surface area contributed by atoms with Gasteiger partial charge in [-0.3, -0.25) is 0 Å². The first-order valence-corrected chi connectivity index (χ1v) is 7.43. The second-order valence-electron chi connectivity index (χ2n) is 5.20. The predicted molar refractivity (Wildman–Crippen MR) is 76.0 cm³/mol. The minimum absolute atomic E-state index is 0.352. The third-order valence-electron chi connectivity index (χ3n) is 3.53. The molecular weight excluding hydrogens is 256 g/mol. The van der Waals surface area contributed by atoms with Crippen molar-refractivity contribution in [3.63, 3.8) is 0 Å². The summed E-state index contributed by atoms with van der Waals surface area (Å²) in [5.41, 5.74) is 0. The number of para-hydroxylation sites is 1. The predicted octanol–water partition coefficient (Wildman–Crippen LogP) is -2.10. The molecule has 1 aromatic rings. The number of aliphatic hydroxyl groups is 1. The molecule has 0 radical (unpaired) electrons. The van der Waals surface area contributed by atoms with Gasteiger partial charge in [0.15, 0.2) is 0 Å². The topological polar surface area (TPSA) is 59.7 Å². The quantitative estimate of drug-likeness (QED) is 0.479. The van der Waals surface area contributed by atoms with E-state index in [9.17, 15) is 5.11 Å². The van der Waals surface area contributed by atoms with Crippen LogP contribution in [0.4, 0.5) is 0 Å². The number of hydrogen-bond acceptors (Lipinski definition) is 3. The first kappa shape index (κ1) is 15.3. The van der Waals surface area contributed by atoms with E-state index in [1.54, 1.807) is 4.90 Å². The van der Waals surface area contributed by atoms with Crippen LogP contribution in [0.1, 0.15) is 0 Å². The number of nitrogens with one attached hydrogen (secondary N) is 1. The molecule has 1 heterocycles. The summed E-state index contributed by atoms with van der Waals surface area (Å²) in [7, 11) is 0. The minimum Gasteiger partial charge on any atom is -0.491 e. The Morgan fingerprint density at radius 3 is 2.75 bits per heavy atom. The minimum atomic E-state index is -0.421. The molecule has 4 N–H and O–H groups in total. The molecule has 1 saturated heterocycles. The molecule has 0 unspecified atom stereocenters. The molecule has 0 spiro atoms. The molecule has 5 heteroatoms. The zero-order valence-corrected chi connectivity index (χ0v) is 12.0. The van der Waals surface area contributed by atoms with Crippen molar-refractivity contribution < 1.29 is 24.8 Å². The summed E-state index contributed by atoms with van der Waals surface area (Å²) in [4.78, 5) is 1.60. The molecule has 20 heavy (non-hydrogen) atoms. The van der Waals surface area contributed by atoms with Gasteiger partial charge in [-0.2, -0.15) is 0 Å². The van der Waals surface area contributed by atoms with Crippen LogP contribution in [0.2, 0.25) is 0 Å². The average Bonchev–Trinajstić information content (AvgIpc) is 2.52. The zero-order valence-electron chi connectivity index (χ0n) is 12.0. The summed E-state index contributed by atoms with van der Waals surface area (Å²) >= 11 is 0. The van der Waals surface area contributed by atoms with Crippen LogP contribution in [-0.2, 0) is 4.74 Å². The maximum Gasteiger partial charge on any atom is 0.137 e. The Labute approximate surface area is 120 Å². The normalized spacial score (nSPS) is 17.9. The zero-order chi connectivity index (χ0) is 14.0. The summed E-state index contributed by atoms with van der Waals surface area (Å²) < 4.78 is 10.9. The lowest BCUT2D eigenvalue weighted by atomic mass is 10.3. The molecule has 0 bridgehead atoms. The van der Waals surface area contributed by atoms with Gasteiger partial charge >= 0.3 is 0 Å². The lowest BCUT2D eigenvalue weighted by molar-refractivity contribution is -0.919. The van der Waals surface area contributed by atoms with Crippen LogP contribution in [0, 0.1) is 0 Å². The second-order valence-corrected chi connectivity index (χ2v) is 5.20. The van der Waals surface area contributed by atoms with Crippen LogP contribution in [-0.4, -0.2) is 63.8 Å². The van der Waals surface area contributed by atoms with E-state index < -0.39 is 6.10 Å². The summed E-state index contributed by atoms with van der Waals surface area (Å²) in [5.74, 6) is 0.810. The lowest BCUT2D eigenvalue weighted by Gasteiger charge is -2.23. The molecule has 112 valence electrons. The van der Waals surface area contributed by atoms with Gasteiger partial charge in [-0.25, -0.2) is 0 Å². The van der Waals surface area contributed by atoms with Gasteiger partial charge in [0.25, 0.3) is 0 Å². The fraction of sp³-hybridized carbons (Fsp3) is 0.600. The molecular formula is C15H26N2O3+2. The Morgan fingerprint density at radius 1 is 1.25 bits per heavy atom. The van der Waals surface area contributed by atoms with Gasteiger partial charge < -0.3 is 24.8 Å². The monoisotopic (exact) mass is 282 g/mol. The molecule has 5 nitrogen and oxygen atoms in total.